The molecule has 1 fully saturated rings. The van der Waals surface area contributed by atoms with Crippen molar-refractivity contribution in [1.82, 2.24) is 4.57 Å². The zero-order valence-corrected chi connectivity index (χ0v) is 14.2. The highest BCUT2D eigenvalue weighted by atomic mass is 32.1. The van der Waals surface area contributed by atoms with E-state index < -0.39 is 0 Å². The van der Waals surface area contributed by atoms with Gasteiger partial charge in [-0.1, -0.05) is 30.3 Å². The minimum absolute atomic E-state index is 0.302. The summed E-state index contributed by atoms with van der Waals surface area (Å²) in [6.45, 7) is 0. The van der Waals surface area contributed by atoms with Crippen molar-refractivity contribution in [2.75, 3.05) is 0 Å². The van der Waals surface area contributed by atoms with E-state index in [1.807, 2.05) is 24.3 Å². The summed E-state index contributed by atoms with van der Waals surface area (Å²) in [5, 5.41) is 3.13. The van der Waals surface area contributed by atoms with Crippen LogP contribution in [0.25, 0.3) is 22.4 Å². The summed E-state index contributed by atoms with van der Waals surface area (Å²) < 4.78 is 22.2. The van der Waals surface area contributed by atoms with E-state index in [4.69, 9.17) is 4.42 Å². The second-order valence-electron chi connectivity index (χ2n) is 6.22. The van der Waals surface area contributed by atoms with E-state index in [-0.39, 0.29) is 5.82 Å². The van der Waals surface area contributed by atoms with Gasteiger partial charge in [-0.25, -0.2) is 9.38 Å². The fourth-order valence-electron chi connectivity index (χ4n) is 3.02. The summed E-state index contributed by atoms with van der Waals surface area (Å²) >= 11 is 1.52. The Hall–Kier alpha value is -2.66. The Bertz CT molecular complexity index is 1100. The van der Waals surface area contributed by atoms with Gasteiger partial charge in [0.2, 0.25) is 0 Å². The van der Waals surface area contributed by atoms with Crippen molar-refractivity contribution in [3.05, 3.63) is 70.6 Å². The molecule has 1 aliphatic rings. The Morgan fingerprint density at radius 2 is 1.88 bits per heavy atom. The first-order chi connectivity index (χ1) is 12.3. The van der Waals surface area contributed by atoms with E-state index in [1.54, 1.807) is 18.2 Å². The van der Waals surface area contributed by atoms with E-state index in [2.05, 4.69) is 21.0 Å². The van der Waals surface area contributed by atoms with Gasteiger partial charge >= 0.3 is 0 Å². The molecular formula is C20H15FN2OS. The van der Waals surface area contributed by atoms with Gasteiger partial charge in [-0.15, -0.1) is 11.3 Å². The van der Waals surface area contributed by atoms with E-state index in [0.29, 0.717) is 11.7 Å². The van der Waals surface area contributed by atoms with Crippen molar-refractivity contribution >= 4 is 28.0 Å². The summed E-state index contributed by atoms with van der Waals surface area (Å²) in [6.07, 6.45) is 2.24. The lowest BCUT2D eigenvalue weighted by atomic mass is 10.2. The molecule has 3 nitrogen and oxygen atoms in total. The number of furan rings is 1. The molecular weight excluding hydrogens is 335 g/mol. The SMILES string of the molecule is Fc1ccccc1N=c1scc(-c2cc3ccccc3o2)n1C1CC1. The number of hydrogen-bond donors (Lipinski definition) is 0. The molecule has 0 saturated heterocycles. The third-order valence-electron chi connectivity index (χ3n) is 4.40. The predicted octanol–water partition coefficient (Wildman–Crippen LogP) is 5.67. The highest BCUT2D eigenvalue weighted by molar-refractivity contribution is 7.07. The van der Waals surface area contributed by atoms with Crippen molar-refractivity contribution < 1.29 is 8.81 Å². The minimum Gasteiger partial charge on any atom is -0.454 e. The zero-order chi connectivity index (χ0) is 16.8. The number of aromatic nitrogens is 1. The number of hydrogen-bond acceptors (Lipinski definition) is 3. The molecule has 0 unspecified atom stereocenters. The average molecular weight is 350 g/mol. The number of para-hydroxylation sites is 2. The molecule has 0 atom stereocenters. The number of halogens is 1. The molecule has 1 aliphatic carbocycles. The largest absolute Gasteiger partial charge is 0.454 e. The van der Waals surface area contributed by atoms with Crippen LogP contribution >= 0.6 is 11.3 Å². The van der Waals surface area contributed by atoms with Crippen molar-refractivity contribution in [1.29, 1.82) is 0 Å². The molecule has 0 spiro atoms. The van der Waals surface area contributed by atoms with Crippen molar-refractivity contribution in [2.24, 2.45) is 4.99 Å². The maximum atomic E-state index is 14.0. The zero-order valence-electron chi connectivity index (χ0n) is 13.4. The Balaban J connectivity index is 1.69. The molecule has 0 N–H and O–H groups in total. The maximum absolute atomic E-state index is 14.0. The Labute approximate surface area is 147 Å². The molecule has 2 aromatic carbocycles. The molecule has 0 aliphatic heterocycles. The monoisotopic (exact) mass is 350 g/mol. The first-order valence-corrected chi connectivity index (χ1v) is 9.16. The highest BCUT2D eigenvalue weighted by Gasteiger charge is 2.28. The standard InChI is InChI=1S/C20H15FN2OS/c21-15-6-2-3-7-16(15)22-20-23(14-9-10-14)17(12-25-20)19-11-13-5-1-4-8-18(13)24-19/h1-8,11-12,14H,9-10H2. The number of thiazole rings is 1. The molecule has 1 saturated carbocycles. The van der Waals surface area contributed by atoms with E-state index in [1.165, 1.54) is 17.4 Å². The first kappa shape index (κ1) is 14.7. The van der Waals surface area contributed by atoms with Gasteiger partial charge in [0, 0.05) is 16.8 Å². The maximum Gasteiger partial charge on any atom is 0.190 e. The van der Waals surface area contributed by atoms with Gasteiger partial charge in [0.1, 0.15) is 17.1 Å². The van der Waals surface area contributed by atoms with Gasteiger partial charge in [0.25, 0.3) is 0 Å². The van der Waals surface area contributed by atoms with E-state index in [0.717, 1.165) is 40.1 Å². The molecule has 5 heteroatoms. The van der Waals surface area contributed by atoms with E-state index in [9.17, 15) is 4.39 Å². The molecule has 2 aromatic heterocycles. The molecule has 0 bridgehead atoms. The van der Waals surface area contributed by atoms with Crippen LogP contribution in [0, 0.1) is 5.82 Å². The van der Waals surface area contributed by atoms with Gasteiger partial charge in [-0.05, 0) is 37.1 Å². The Kier molecular flexibility index (Phi) is 3.35. The number of rotatable bonds is 3. The van der Waals surface area contributed by atoms with Crippen LogP contribution in [0.15, 0.2) is 69.4 Å². The fourth-order valence-corrected chi connectivity index (χ4v) is 3.98. The van der Waals surface area contributed by atoms with Crippen molar-refractivity contribution in [3.63, 3.8) is 0 Å². The molecule has 0 amide bonds. The molecule has 2 heterocycles. The van der Waals surface area contributed by atoms with Crippen LogP contribution in [-0.2, 0) is 0 Å². The second-order valence-corrected chi connectivity index (χ2v) is 7.05. The van der Waals surface area contributed by atoms with Gasteiger partial charge in [-0.3, -0.25) is 0 Å². The van der Waals surface area contributed by atoms with Crippen LogP contribution in [0.5, 0.6) is 0 Å². The Morgan fingerprint density at radius 1 is 1.08 bits per heavy atom. The number of nitrogens with zero attached hydrogens (tertiary/aromatic N) is 2. The van der Waals surface area contributed by atoms with Crippen LogP contribution in [0.3, 0.4) is 0 Å². The summed E-state index contributed by atoms with van der Waals surface area (Å²) in [5.74, 6) is 0.530. The van der Waals surface area contributed by atoms with Gasteiger partial charge in [0.15, 0.2) is 10.6 Å². The molecule has 124 valence electrons. The number of fused-ring (bicyclic) bond motifs is 1. The lowest BCUT2D eigenvalue weighted by Crippen LogP contribution is -2.14. The van der Waals surface area contributed by atoms with Crippen molar-refractivity contribution in [2.45, 2.75) is 18.9 Å². The van der Waals surface area contributed by atoms with Gasteiger partial charge in [-0.2, -0.15) is 0 Å². The van der Waals surface area contributed by atoms with Crippen LogP contribution in [0.1, 0.15) is 18.9 Å². The lowest BCUT2D eigenvalue weighted by molar-refractivity contribution is 0.612. The predicted molar refractivity (Wildman–Crippen MR) is 97.4 cm³/mol. The number of benzene rings is 2. The van der Waals surface area contributed by atoms with Crippen LogP contribution in [-0.4, -0.2) is 4.57 Å². The third kappa shape index (κ3) is 2.61. The lowest BCUT2D eigenvalue weighted by Gasteiger charge is -2.05. The molecule has 5 rings (SSSR count). The van der Waals surface area contributed by atoms with Gasteiger partial charge < -0.3 is 8.98 Å². The van der Waals surface area contributed by atoms with Crippen molar-refractivity contribution in [3.8, 4) is 11.5 Å². The fraction of sp³-hybridized carbons (Fsp3) is 0.150. The quantitative estimate of drug-likeness (QED) is 0.468. The third-order valence-corrected chi connectivity index (χ3v) is 5.24. The normalized spacial score (nSPS) is 15.2. The minimum atomic E-state index is -0.302. The summed E-state index contributed by atoms with van der Waals surface area (Å²) in [5.41, 5.74) is 2.26. The van der Waals surface area contributed by atoms with Crippen LogP contribution in [0.4, 0.5) is 10.1 Å². The smallest absolute Gasteiger partial charge is 0.190 e. The Morgan fingerprint density at radius 3 is 2.68 bits per heavy atom. The summed E-state index contributed by atoms with van der Waals surface area (Å²) in [6, 6.07) is 17.1. The van der Waals surface area contributed by atoms with E-state index >= 15 is 0 Å². The topological polar surface area (TPSA) is 30.4 Å². The summed E-state index contributed by atoms with van der Waals surface area (Å²) in [4.78, 5) is 5.38. The molecule has 0 radical (unpaired) electrons. The molecule has 4 aromatic rings. The van der Waals surface area contributed by atoms with Crippen LogP contribution < -0.4 is 4.80 Å². The second kappa shape index (κ2) is 5.70. The van der Waals surface area contributed by atoms with Crippen LogP contribution in [0.2, 0.25) is 0 Å². The summed E-state index contributed by atoms with van der Waals surface area (Å²) in [7, 11) is 0. The highest BCUT2D eigenvalue weighted by Crippen LogP contribution is 2.39. The van der Waals surface area contributed by atoms with Gasteiger partial charge in [0.05, 0.1) is 5.69 Å². The first-order valence-electron chi connectivity index (χ1n) is 8.28. The average Bonchev–Trinajstić information content (AvgIpc) is 3.23. The molecule has 25 heavy (non-hydrogen) atoms.